The van der Waals surface area contributed by atoms with E-state index in [4.69, 9.17) is 0 Å². The molecule has 0 amide bonds. The molecule has 18 heavy (non-hydrogen) atoms. The normalized spacial score (nSPS) is 18.9. The molecule has 1 unspecified atom stereocenters. The molecule has 96 valence electrons. The summed E-state index contributed by atoms with van der Waals surface area (Å²) in [5.74, 6) is 0.207. The molecule has 0 N–H and O–H groups in total. The lowest BCUT2D eigenvalue weighted by Crippen LogP contribution is -2.15. The second-order valence-electron chi connectivity index (χ2n) is 4.85. The summed E-state index contributed by atoms with van der Waals surface area (Å²) in [5.41, 5.74) is 0. The number of thioether (sulfide) groups is 1. The minimum atomic E-state index is -0.212. The van der Waals surface area contributed by atoms with Gasteiger partial charge in [0.2, 0.25) is 0 Å². The fourth-order valence-corrected chi connectivity index (χ4v) is 3.65. The fraction of sp³-hybridized carbons (Fsp3) is 0.533. The molecule has 0 radical (unpaired) electrons. The number of benzene rings is 1. The van der Waals surface area contributed by atoms with Crippen molar-refractivity contribution in [2.24, 2.45) is 5.92 Å². The van der Waals surface area contributed by atoms with Gasteiger partial charge in [-0.05, 0) is 30.9 Å². The summed E-state index contributed by atoms with van der Waals surface area (Å²) in [4.78, 5) is 0.605. The van der Waals surface area contributed by atoms with Gasteiger partial charge in [-0.3, -0.25) is 0 Å². The van der Waals surface area contributed by atoms with Gasteiger partial charge in [0, 0.05) is 4.90 Å². The summed E-state index contributed by atoms with van der Waals surface area (Å²) >= 11 is 1.39. The van der Waals surface area contributed by atoms with Crippen molar-refractivity contribution < 1.29 is 4.39 Å². The maximum atomic E-state index is 13.6. The summed E-state index contributed by atoms with van der Waals surface area (Å²) in [6.45, 7) is 0. The summed E-state index contributed by atoms with van der Waals surface area (Å²) in [6.07, 6.45) is 7.19. The van der Waals surface area contributed by atoms with Gasteiger partial charge in [-0.1, -0.05) is 37.8 Å². The molecule has 1 atom stereocenters. The Morgan fingerprint density at radius 2 is 1.83 bits per heavy atom. The quantitative estimate of drug-likeness (QED) is 0.579. The molecule has 1 aromatic rings. The lowest BCUT2D eigenvalue weighted by atomic mass is 9.97. The highest BCUT2D eigenvalue weighted by atomic mass is 32.2. The smallest absolute Gasteiger partial charge is 0.136 e. The molecule has 1 aliphatic rings. The van der Waals surface area contributed by atoms with Crippen LogP contribution in [0.1, 0.15) is 38.5 Å². The van der Waals surface area contributed by atoms with Gasteiger partial charge in [-0.25, -0.2) is 4.39 Å². The maximum absolute atomic E-state index is 13.6. The molecule has 0 saturated heterocycles. The van der Waals surface area contributed by atoms with Crippen molar-refractivity contribution in [3.8, 4) is 6.07 Å². The van der Waals surface area contributed by atoms with Crippen molar-refractivity contribution in [3.05, 3.63) is 30.1 Å². The Morgan fingerprint density at radius 3 is 2.44 bits per heavy atom. The monoisotopic (exact) mass is 263 g/mol. The van der Waals surface area contributed by atoms with Crippen LogP contribution in [-0.2, 0) is 0 Å². The Kier molecular flexibility index (Phi) is 5.07. The van der Waals surface area contributed by atoms with Crippen LogP contribution < -0.4 is 0 Å². The van der Waals surface area contributed by atoms with Crippen LogP contribution in [0.4, 0.5) is 4.39 Å². The van der Waals surface area contributed by atoms with Gasteiger partial charge in [0.05, 0.1) is 11.3 Å². The molecule has 1 aliphatic carbocycles. The van der Waals surface area contributed by atoms with Crippen LogP contribution in [0.5, 0.6) is 0 Å². The van der Waals surface area contributed by atoms with Crippen LogP contribution in [-0.4, -0.2) is 5.25 Å². The molecular weight excluding hydrogens is 245 g/mol. The lowest BCUT2D eigenvalue weighted by Gasteiger charge is -2.19. The molecule has 2 rings (SSSR count). The Morgan fingerprint density at radius 1 is 1.17 bits per heavy atom. The van der Waals surface area contributed by atoms with Gasteiger partial charge in [-0.15, -0.1) is 11.8 Å². The number of nitrogens with zero attached hydrogens (tertiary/aromatic N) is 1. The van der Waals surface area contributed by atoms with E-state index in [2.05, 4.69) is 6.07 Å². The van der Waals surface area contributed by atoms with Gasteiger partial charge >= 0.3 is 0 Å². The summed E-state index contributed by atoms with van der Waals surface area (Å²) in [7, 11) is 0. The van der Waals surface area contributed by atoms with E-state index in [1.54, 1.807) is 12.1 Å². The van der Waals surface area contributed by atoms with E-state index in [1.807, 2.05) is 6.07 Å². The van der Waals surface area contributed by atoms with E-state index < -0.39 is 0 Å². The van der Waals surface area contributed by atoms with E-state index >= 15 is 0 Å². The minimum Gasteiger partial charge on any atom is -0.206 e. The third-order valence-corrected chi connectivity index (χ3v) is 4.88. The first-order chi connectivity index (χ1) is 8.81. The molecular formula is C15H18FNS. The van der Waals surface area contributed by atoms with Crippen molar-refractivity contribution in [1.82, 2.24) is 0 Å². The highest BCUT2D eigenvalue weighted by Crippen LogP contribution is 2.35. The zero-order chi connectivity index (χ0) is 12.8. The van der Waals surface area contributed by atoms with E-state index in [1.165, 1.54) is 43.5 Å². The molecule has 0 bridgehead atoms. The Bertz CT molecular complexity index is 419. The lowest BCUT2D eigenvalue weighted by molar-refractivity contribution is 0.478. The first kappa shape index (κ1) is 13.4. The second kappa shape index (κ2) is 6.80. The summed E-state index contributed by atoms with van der Waals surface area (Å²) in [6, 6.07) is 9.11. The molecule has 1 aromatic carbocycles. The predicted octanol–water partition coefficient (Wildman–Crippen LogP) is 4.78. The first-order valence-electron chi connectivity index (χ1n) is 6.62. The first-order valence-corrected chi connectivity index (χ1v) is 7.50. The number of rotatable bonds is 3. The van der Waals surface area contributed by atoms with E-state index in [-0.39, 0.29) is 11.1 Å². The number of hydrogen-bond acceptors (Lipinski definition) is 2. The molecule has 3 heteroatoms. The largest absolute Gasteiger partial charge is 0.206 e. The van der Waals surface area contributed by atoms with Crippen molar-refractivity contribution in [1.29, 1.82) is 5.26 Å². The number of hydrogen-bond donors (Lipinski definition) is 0. The van der Waals surface area contributed by atoms with Crippen molar-refractivity contribution in [2.45, 2.75) is 48.7 Å². The van der Waals surface area contributed by atoms with Crippen LogP contribution in [0.15, 0.2) is 29.2 Å². The van der Waals surface area contributed by atoms with E-state index in [0.29, 0.717) is 10.8 Å². The predicted molar refractivity (Wildman–Crippen MR) is 72.9 cm³/mol. The highest BCUT2D eigenvalue weighted by molar-refractivity contribution is 8.00. The molecule has 0 spiro atoms. The van der Waals surface area contributed by atoms with Crippen LogP contribution >= 0.6 is 11.8 Å². The molecule has 0 aliphatic heterocycles. The van der Waals surface area contributed by atoms with Crippen molar-refractivity contribution >= 4 is 11.8 Å². The summed E-state index contributed by atoms with van der Waals surface area (Å²) < 4.78 is 13.6. The molecule has 1 nitrogen and oxygen atoms in total. The maximum Gasteiger partial charge on any atom is 0.136 e. The molecule has 1 fully saturated rings. The molecule has 0 heterocycles. The zero-order valence-corrected chi connectivity index (χ0v) is 11.3. The Hall–Kier alpha value is -1.01. The van der Waals surface area contributed by atoms with Gasteiger partial charge < -0.3 is 0 Å². The molecule has 1 saturated carbocycles. The van der Waals surface area contributed by atoms with Crippen molar-refractivity contribution in [2.75, 3.05) is 0 Å². The average molecular weight is 263 g/mol. The SMILES string of the molecule is N#CC(Sc1ccccc1F)C1CCCCCC1. The third-order valence-electron chi connectivity index (χ3n) is 3.55. The molecule has 0 aromatic heterocycles. The second-order valence-corrected chi connectivity index (χ2v) is 6.03. The van der Waals surface area contributed by atoms with Gasteiger partial charge in [0.25, 0.3) is 0 Å². The zero-order valence-electron chi connectivity index (χ0n) is 10.4. The van der Waals surface area contributed by atoms with Crippen LogP contribution in [0, 0.1) is 23.1 Å². The van der Waals surface area contributed by atoms with Gasteiger partial charge in [0.1, 0.15) is 5.82 Å². The van der Waals surface area contributed by atoms with E-state index in [0.717, 1.165) is 12.8 Å². The standard InChI is InChI=1S/C15H18FNS/c16-13-9-5-6-10-14(13)18-15(11-17)12-7-3-1-2-4-8-12/h5-6,9-10,12,15H,1-4,7-8H2. The Balaban J connectivity index is 2.05. The highest BCUT2D eigenvalue weighted by Gasteiger charge is 2.24. The van der Waals surface area contributed by atoms with Crippen LogP contribution in [0.2, 0.25) is 0 Å². The van der Waals surface area contributed by atoms with Crippen LogP contribution in [0.25, 0.3) is 0 Å². The average Bonchev–Trinajstić information content (AvgIpc) is 2.67. The summed E-state index contributed by atoms with van der Waals surface area (Å²) in [5, 5.41) is 9.22. The number of nitriles is 1. The van der Waals surface area contributed by atoms with Gasteiger partial charge in [-0.2, -0.15) is 5.26 Å². The topological polar surface area (TPSA) is 23.8 Å². The minimum absolute atomic E-state index is 0.111. The number of halogens is 1. The van der Waals surface area contributed by atoms with Crippen molar-refractivity contribution in [3.63, 3.8) is 0 Å². The third kappa shape index (κ3) is 3.49. The van der Waals surface area contributed by atoms with Crippen LogP contribution in [0.3, 0.4) is 0 Å². The Labute approximate surface area is 112 Å². The fourth-order valence-electron chi connectivity index (χ4n) is 2.52. The van der Waals surface area contributed by atoms with Gasteiger partial charge in [0.15, 0.2) is 0 Å². The van der Waals surface area contributed by atoms with E-state index in [9.17, 15) is 9.65 Å².